The predicted octanol–water partition coefficient (Wildman–Crippen LogP) is 2.86. The second-order valence-corrected chi connectivity index (χ2v) is 8.54. The molecule has 1 unspecified atom stereocenters. The van der Waals surface area contributed by atoms with Gasteiger partial charge >= 0.3 is 0 Å². The van der Waals surface area contributed by atoms with E-state index < -0.39 is 15.9 Å². The van der Waals surface area contributed by atoms with E-state index in [1.165, 1.54) is 32.4 Å². The highest BCUT2D eigenvalue weighted by Gasteiger charge is 2.27. The highest BCUT2D eigenvalue weighted by molar-refractivity contribution is 7.89. The first-order chi connectivity index (χ1) is 13.2. The van der Waals surface area contributed by atoms with Crippen LogP contribution in [0.4, 0.5) is 0 Å². The van der Waals surface area contributed by atoms with E-state index in [2.05, 4.69) is 5.32 Å². The van der Waals surface area contributed by atoms with Gasteiger partial charge in [0, 0.05) is 17.6 Å². The molecule has 28 heavy (non-hydrogen) atoms. The zero-order valence-corrected chi connectivity index (χ0v) is 17.7. The summed E-state index contributed by atoms with van der Waals surface area (Å²) in [4.78, 5) is 12.3. The monoisotopic (exact) mass is 426 g/mol. The van der Waals surface area contributed by atoms with Gasteiger partial charge in [-0.25, -0.2) is 8.42 Å². The molecule has 0 aliphatic rings. The van der Waals surface area contributed by atoms with Crippen LogP contribution in [0.2, 0.25) is 5.02 Å². The van der Waals surface area contributed by atoms with Crippen LogP contribution >= 0.6 is 11.6 Å². The Labute approximate surface area is 170 Å². The fourth-order valence-electron chi connectivity index (χ4n) is 2.70. The predicted molar refractivity (Wildman–Crippen MR) is 107 cm³/mol. The fraction of sp³-hybridized carbons (Fsp3) is 0.316. The Morgan fingerprint density at radius 1 is 1.14 bits per heavy atom. The van der Waals surface area contributed by atoms with Gasteiger partial charge in [-0.1, -0.05) is 29.8 Å². The largest absolute Gasteiger partial charge is 0.496 e. The first kappa shape index (κ1) is 22.0. The third-order valence-electron chi connectivity index (χ3n) is 4.16. The summed E-state index contributed by atoms with van der Waals surface area (Å²) in [6.45, 7) is 1.43. The molecule has 2 rings (SSSR count). The first-order valence-corrected chi connectivity index (χ1v) is 10.2. The number of carbonyl (C=O) groups excluding carboxylic acids is 1. The Bertz CT molecular complexity index is 949. The maximum absolute atomic E-state index is 12.8. The summed E-state index contributed by atoms with van der Waals surface area (Å²) >= 11 is 5.93. The SMILES string of the molecule is COc1ccccc1C(C)NC(=O)CN(C)S(=O)(=O)c1cc(Cl)ccc1OC. The normalized spacial score (nSPS) is 12.5. The van der Waals surface area contributed by atoms with Crippen LogP contribution in [-0.4, -0.2) is 46.4 Å². The second-order valence-electron chi connectivity index (χ2n) is 6.09. The maximum atomic E-state index is 12.8. The zero-order valence-electron chi connectivity index (χ0n) is 16.1. The van der Waals surface area contributed by atoms with Gasteiger partial charge in [0.1, 0.15) is 16.4 Å². The summed E-state index contributed by atoms with van der Waals surface area (Å²) in [5.74, 6) is 0.337. The second kappa shape index (κ2) is 9.27. The molecule has 0 spiro atoms. The lowest BCUT2D eigenvalue weighted by molar-refractivity contribution is -0.121. The van der Waals surface area contributed by atoms with Gasteiger partial charge in [0.05, 0.1) is 26.8 Å². The lowest BCUT2D eigenvalue weighted by Gasteiger charge is -2.21. The highest BCUT2D eigenvalue weighted by Crippen LogP contribution is 2.29. The van der Waals surface area contributed by atoms with Crippen LogP contribution in [0.3, 0.4) is 0 Å². The van der Waals surface area contributed by atoms with Gasteiger partial charge in [-0.2, -0.15) is 4.31 Å². The number of nitrogens with zero attached hydrogens (tertiary/aromatic N) is 1. The van der Waals surface area contributed by atoms with Crippen LogP contribution in [0.1, 0.15) is 18.5 Å². The Morgan fingerprint density at radius 3 is 2.43 bits per heavy atom. The molecule has 0 fully saturated rings. The molecule has 0 saturated carbocycles. The smallest absolute Gasteiger partial charge is 0.247 e. The van der Waals surface area contributed by atoms with Crippen LogP contribution in [0.25, 0.3) is 0 Å². The molecule has 2 aromatic rings. The number of hydrogen-bond acceptors (Lipinski definition) is 5. The summed E-state index contributed by atoms with van der Waals surface area (Å²) in [6, 6.07) is 11.2. The average Bonchev–Trinajstić information content (AvgIpc) is 2.67. The quantitative estimate of drug-likeness (QED) is 0.701. The molecule has 0 radical (unpaired) electrons. The molecule has 9 heteroatoms. The number of carbonyl (C=O) groups is 1. The molecular formula is C19H23ClN2O5S. The van der Waals surface area contributed by atoms with E-state index >= 15 is 0 Å². The molecule has 152 valence electrons. The number of benzene rings is 2. The number of methoxy groups -OCH3 is 2. The number of hydrogen-bond donors (Lipinski definition) is 1. The van der Waals surface area contributed by atoms with Crippen molar-refractivity contribution in [1.29, 1.82) is 0 Å². The minimum atomic E-state index is -3.97. The number of nitrogens with one attached hydrogen (secondary N) is 1. The summed E-state index contributed by atoms with van der Waals surface area (Å²) in [5, 5.41) is 3.03. The van der Waals surface area contributed by atoms with E-state index in [-0.39, 0.29) is 28.3 Å². The molecule has 1 N–H and O–H groups in total. The van der Waals surface area contributed by atoms with E-state index in [9.17, 15) is 13.2 Å². The summed E-state index contributed by atoms with van der Waals surface area (Å²) in [7, 11) is 0.261. The van der Waals surface area contributed by atoms with E-state index in [0.717, 1.165) is 9.87 Å². The van der Waals surface area contributed by atoms with Gasteiger partial charge in [-0.05, 0) is 31.2 Å². The minimum Gasteiger partial charge on any atom is -0.496 e. The molecule has 0 aliphatic heterocycles. The standard InChI is InChI=1S/C19H23ClN2O5S/c1-13(15-7-5-6-8-16(15)26-3)21-19(23)12-22(2)28(24,25)18-11-14(20)9-10-17(18)27-4/h5-11,13H,12H2,1-4H3,(H,21,23). The van der Waals surface area contributed by atoms with Gasteiger partial charge in [0.25, 0.3) is 0 Å². The van der Waals surface area contributed by atoms with Crippen molar-refractivity contribution in [1.82, 2.24) is 9.62 Å². The summed E-state index contributed by atoms with van der Waals surface area (Å²) < 4.78 is 37.0. The Kier molecular flexibility index (Phi) is 7.29. The van der Waals surface area contributed by atoms with Crippen molar-refractivity contribution in [3.8, 4) is 11.5 Å². The molecule has 7 nitrogen and oxygen atoms in total. The van der Waals surface area contributed by atoms with Crippen LogP contribution < -0.4 is 14.8 Å². The Morgan fingerprint density at radius 2 is 1.79 bits per heavy atom. The zero-order chi connectivity index (χ0) is 20.9. The van der Waals surface area contributed by atoms with Crippen molar-refractivity contribution < 1.29 is 22.7 Å². The first-order valence-electron chi connectivity index (χ1n) is 8.42. The van der Waals surface area contributed by atoms with Gasteiger partial charge in [0.15, 0.2) is 0 Å². The van der Waals surface area contributed by atoms with Crippen molar-refractivity contribution in [2.24, 2.45) is 0 Å². The minimum absolute atomic E-state index is 0.101. The highest BCUT2D eigenvalue weighted by atomic mass is 35.5. The van der Waals surface area contributed by atoms with Crippen LogP contribution in [-0.2, 0) is 14.8 Å². The third-order valence-corrected chi connectivity index (χ3v) is 6.22. The Hall–Kier alpha value is -2.29. The number of sulfonamides is 1. The Balaban J connectivity index is 2.14. The number of likely N-dealkylation sites (N-methyl/N-ethyl adjacent to an activating group) is 1. The molecular weight excluding hydrogens is 404 g/mol. The van der Waals surface area contributed by atoms with Crippen molar-refractivity contribution in [2.45, 2.75) is 17.9 Å². The molecule has 1 amide bonds. The van der Waals surface area contributed by atoms with E-state index in [1.807, 2.05) is 18.2 Å². The van der Waals surface area contributed by atoms with Crippen LogP contribution in [0.5, 0.6) is 11.5 Å². The van der Waals surface area contributed by atoms with Gasteiger partial charge in [-0.15, -0.1) is 0 Å². The van der Waals surface area contributed by atoms with E-state index in [1.54, 1.807) is 20.1 Å². The lowest BCUT2D eigenvalue weighted by Crippen LogP contribution is -2.39. The molecule has 0 saturated heterocycles. The molecule has 1 atom stereocenters. The number of ether oxygens (including phenoxy) is 2. The van der Waals surface area contributed by atoms with Gasteiger partial charge < -0.3 is 14.8 Å². The molecule has 0 heterocycles. The number of halogens is 1. The lowest BCUT2D eigenvalue weighted by atomic mass is 10.1. The maximum Gasteiger partial charge on any atom is 0.247 e. The van der Waals surface area contributed by atoms with E-state index in [0.29, 0.717) is 5.75 Å². The molecule has 0 bridgehead atoms. The summed E-state index contributed by atoms with van der Waals surface area (Å²) in [5.41, 5.74) is 0.792. The fourth-order valence-corrected chi connectivity index (χ4v) is 4.24. The summed E-state index contributed by atoms with van der Waals surface area (Å²) in [6.07, 6.45) is 0. The third kappa shape index (κ3) is 4.95. The van der Waals surface area contributed by atoms with Crippen molar-refractivity contribution in [3.63, 3.8) is 0 Å². The molecule has 2 aromatic carbocycles. The van der Waals surface area contributed by atoms with Gasteiger partial charge in [-0.3, -0.25) is 4.79 Å². The molecule has 0 aliphatic carbocycles. The van der Waals surface area contributed by atoms with Crippen molar-refractivity contribution >= 4 is 27.5 Å². The van der Waals surface area contributed by atoms with Crippen LogP contribution in [0.15, 0.2) is 47.4 Å². The van der Waals surface area contributed by atoms with Crippen LogP contribution in [0, 0.1) is 0 Å². The molecule has 0 aromatic heterocycles. The topological polar surface area (TPSA) is 84.9 Å². The van der Waals surface area contributed by atoms with Crippen molar-refractivity contribution in [2.75, 3.05) is 27.8 Å². The average molecular weight is 427 g/mol. The van der Waals surface area contributed by atoms with Crippen molar-refractivity contribution in [3.05, 3.63) is 53.1 Å². The van der Waals surface area contributed by atoms with Gasteiger partial charge in [0.2, 0.25) is 15.9 Å². The number of amides is 1. The van der Waals surface area contributed by atoms with E-state index in [4.69, 9.17) is 21.1 Å². The number of rotatable bonds is 8. The number of para-hydroxylation sites is 1.